The molecule has 0 aromatic carbocycles. The normalized spacial score (nSPS) is 12.6. The maximum Gasteiger partial charge on any atom is 0.0734 e. The summed E-state index contributed by atoms with van der Waals surface area (Å²) in [6, 6.07) is 8.35. The zero-order valence-corrected chi connectivity index (χ0v) is 11.7. The summed E-state index contributed by atoms with van der Waals surface area (Å²) in [4.78, 5) is 7.03. The van der Waals surface area contributed by atoms with Crippen molar-refractivity contribution in [3.8, 4) is 0 Å². The van der Waals surface area contributed by atoms with Crippen LogP contribution in [0.3, 0.4) is 0 Å². The van der Waals surface area contributed by atoms with Crippen LogP contribution in [0, 0.1) is 6.92 Å². The van der Waals surface area contributed by atoms with E-state index in [0.29, 0.717) is 0 Å². The predicted octanol–water partition coefficient (Wildman–Crippen LogP) is 4.54. The maximum absolute atomic E-state index is 6.45. The minimum atomic E-state index is 0.0360. The highest BCUT2D eigenvalue weighted by Gasteiger charge is 2.13. The molecule has 0 amide bonds. The second kappa shape index (κ2) is 5.65. The minimum absolute atomic E-state index is 0.0360. The molecule has 2 aromatic heterocycles. The molecule has 0 fully saturated rings. The summed E-state index contributed by atoms with van der Waals surface area (Å²) in [5.41, 5.74) is 2.31. The van der Waals surface area contributed by atoms with Crippen LogP contribution in [0.1, 0.15) is 33.3 Å². The Balaban J connectivity index is 2.11. The van der Waals surface area contributed by atoms with Crippen molar-refractivity contribution in [3.05, 3.63) is 51.5 Å². The van der Waals surface area contributed by atoms with Crippen LogP contribution in [0.5, 0.6) is 0 Å². The molecule has 0 spiro atoms. The Morgan fingerprint density at radius 3 is 2.82 bits per heavy atom. The number of pyridine rings is 1. The third kappa shape index (κ3) is 3.08. The molecule has 1 unspecified atom stereocenters. The lowest BCUT2D eigenvalue weighted by atomic mass is 10.1. The Kier molecular flexibility index (Phi) is 4.19. The van der Waals surface area contributed by atoms with Crippen LogP contribution < -0.4 is 0 Å². The Hall–Kier alpha value is -0.860. The second-order valence-corrected chi connectivity index (χ2v) is 5.82. The molecular weight excluding hydrogens is 250 g/mol. The molecule has 0 saturated heterocycles. The lowest BCUT2D eigenvalue weighted by Gasteiger charge is -2.08. The van der Waals surface area contributed by atoms with Crippen LogP contribution in [0.4, 0.5) is 0 Å². The number of aryl methyl sites for hydroxylation is 2. The van der Waals surface area contributed by atoms with Crippen LogP contribution in [0.2, 0.25) is 0 Å². The van der Waals surface area contributed by atoms with Gasteiger partial charge in [0.25, 0.3) is 0 Å². The number of aromatic nitrogens is 1. The van der Waals surface area contributed by atoms with Crippen LogP contribution >= 0.6 is 22.9 Å². The molecule has 17 heavy (non-hydrogen) atoms. The number of thiophene rings is 1. The average Bonchev–Trinajstić information content (AvgIpc) is 2.81. The molecule has 2 aromatic rings. The number of hydrogen-bond donors (Lipinski definition) is 0. The molecule has 0 aliphatic rings. The van der Waals surface area contributed by atoms with Gasteiger partial charge in [0, 0.05) is 28.1 Å². The minimum Gasteiger partial charge on any atom is -0.261 e. The molecule has 0 aliphatic carbocycles. The van der Waals surface area contributed by atoms with Crippen molar-refractivity contribution in [2.75, 3.05) is 0 Å². The van der Waals surface area contributed by atoms with E-state index >= 15 is 0 Å². The van der Waals surface area contributed by atoms with Crippen LogP contribution in [-0.2, 0) is 12.8 Å². The van der Waals surface area contributed by atoms with E-state index in [9.17, 15) is 0 Å². The molecule has 0 bridgehead atoms. The van der Waals surface area contributed by atoms with E-state index in [-0.39, 0.29) is 5.38 Å². The molecule has 0 aliphatic heterocycles. The first-order chi connectivity index (χ1) is 8.20. The standard InChI is InChI=1S/C14H16ClNS/c1-3-11-6-7-14(17-11)12(15)9-13-10(2)5-4-8-16-13/h4-8,12H,3,9H2,1-2H3. The van der Waals surface area contributed by atoms with Crippen LogP contribution in [0.15, 0.2) is 30.5 Å². The smallest absolute Gasteiger partial charge is 0.0734 e. The Labute approximate surface area is 111 Å². The number of alkyl halides is 1. The SMILES string of the molecule is CCc1ccc(C(Cl)Cc2ncccc2C)s1. The summed E-state index contributed by atoms with van der Waals surface area (Å²) in [6.45, 7) is 4.25. The van der Waals surface area contributed by atoms with Gasteiger partial charge in [-0.15, -0.1) is 22.9 Å². The predicted molar refractivity (Wildman–Crippen MR) is 75.0 cm³/mol. The van der Waals surface area contributed by atoms with Gasteiger partial charge in [-0.2, -0.15) is 0 Å². The highest BCUT2D eigenvalue weighted by molar-refractivity contribution is 7.12. The van der Waals surface area contributed by atoms with Gasteiger partial charge in [-0.05, 0) is 37.1 Å². The van der Waals surface area contributed by atoms with Gasteiger partial charge in [0.15, 0.2) is 0 Å². The van der Waals surface area contributed by atoms with Gasteiger partial charge < -0.3 is 0 Å². The summed E-state index contributed by atoms with van der Waals surface area (Å²) >= 11 is 8.26. The number of rotatable bonds is 4. The molecule has 0 radical (unpaired) electrons. The van der Waals surface area contributed by atoms with E-state index in [1.54, 1.807) is 11.3 Å². The first-order valence-electron chi connectivity index (χ1n) is 5.84. The molecule has 2 rings (SSSR count). The molecule has 1 nitrogen and oxygen atoms in total. The molecule has 2 heterocycles. The van der Waals surface area contributed by atoms with E-state index in [2.05, 4.69) is 37.0 Å². The van der Waals surface area contributed by atoms with Crippen molar-refractivity contribution in [1.29, 1.82) is 0 Å². The Bertz CT molecular complexity index is 492. The summed E-state index contributed by atoms with van der Waals surface area (Å²) < 4.78 is 0. The van der Waals surface area contributed by atoms with Crippen LogP contribution in [-0.4, -0.2) is 4.98 Å². The highest BCUT2D eigenvalue weighted by Crippen LogP contribution is 2.31. The zero-order valence-electron chi connectivity index (χ0n) is 10.1. The lowest BCUT2D eigenvalue weighted by Crippen LogP contribution is -1.98. The van der Waals surface area contributed by atoms with Gasteiger partial charge in [0.05, 0.1) is 5.38 Å². The zero-order chi connectivity index (χ0) is 12.3. The van der Waals surface area contributed by atoms with Gasteiger partial charge in [-0.25, -0.2) is 0 Å². The molecule has 3 heteroatoms. The van der Waals surface area contributed by atoms with Crippen molar-refractivity contribution >= 4 is 22.9 Å². The van der Waals surface area contributed by atoms with Gasteiger partial charge in [-0.3, -0.25) is 4.98 Å². The lowest BCUT2D eigenvalue weighted by molar-refractivity contribution is 0.884. The third-order valence-corrected chi connectivity index (χ3v) is 4.69. The molecule has 0 N–H and O–H groups in total. The van der Waals surface area contributed by atoms with Crippen molar-refractivity contribution in [1.82, 2.24) is 4.98 Å². The van der Waals surface area contributed by atoms with Gasteiger partial charge in [-0.1, -0.05) is 13.0 Å². The molecular formula is C14H16ClNS. The number of halogens is 1. The highest BCUT2D eigenvalue weighted by atomic mass is 35.5. The monoisotopic (exact) mass is 265 g/mol. The summed E-state index contributed by atoms with van der Waals surface area (Å²) in [6.07, 6.45) is 3.71. The molecule has 90 valence electrons. The van der Waals surface area contributed by atoms with Gasteiger partial charge in [0.2, 0.25) is 0 Å². The third-order valence-electron chi connectivity index (χ3n) is 2.83. The van der Waals surface area contributed by atoms with Crippen molar-refractivity contribution in [2.45, 2.75) is 32.1 Å². The van der Waals surface area contributed by atoms with E-state index < -0.39 is 0 Å². The van der Waals surface area contributed by atoms with E-state index in [0.717, 1.165) is 18.5 Å². The van der Waals surface area contributed by atoms with Crippen molar-refractivity contribution < 1.29 is 0 Å². The average molecular weight is 266 g/mol. The molecule has 0 saturated carbocycles. The van der Waals surface area contributed by atoms with Gasteiger partial charge in [0.1, 0.15) is 0 Å². The first kappa shape index (κ1) is 12.6. The largest absolute Gasteiger partial charge is 0.261 e. The van der Waals surface area contributed by atoms with Gasteiger partial charge >= 0.3 is 0 Å². The Morgan fingerprint density at radius 1 is 1.35 bits per heavy atom. The topological polar surface area (TPSA) is 12.9 Å². The van der Waals surface area contributed by atoms with E-state index in [1.165, 1.54) is 15.3 Å². The summed E-state index contributed by atoms with van der Waals surface area (Å²) in [5.74, 6) is 0. The first-order valence-corrected chi connectivity index (χ1v) is 7.09. The quantitative estimate of drug-likeness (QED) is 0.740. The second-order valence-electron chi connectivity index (χ2n) is 4.10. The van der Waals surface area contributed by atoms with Crippen LogP contribution in [0.25, 0.3) is 0 Å². The fourth-order valence-corrected chi connectivity index (χ4v) is 3.04. The summed E-state index contributed by atoms with van der Waals surface area (Å²) in [5, 5.41) is 0.0360. The summed E-state index contributed by atoms with van der Waals surface area (Å²) in [7, 11) is 0. The fourth-order valence-electron chi connectivity index (χ4n) is 1.76. The number of hydrogen-bond acceptors (Lipinski definition) is 2. The van der Waals surface area contributed by atoms with Crippen molar-refractivity contribution in [2.24, 2.45) is 0 Å². The van der Waals surface area contributed by atoms with E-state index in [1.807, 2.05) is 12.3 Å². The molecule has 1 atom stereocenters. The Morgan fingerprint density at radius 2 is 2.18 bits per heavy atom. The number of nitrogens with zero attached hydrogens (tertiary/aromatic N) is 1. The fraction of sp³-hybridized carbons (Fsp3) is 0.357. The van der Waals surface area contributed by atoms with E-state index in [4.69, 9.17) is 11.6 Å². The van der Waals surface area contributed by atoms with Crippen molar-refractivity contribution in [3.63, 3.8) is 0 Å². The maximum atomic E-state index is 6.45.